The first-order valence-corrected chi connectivity index (χ1v) is 18.8. The molecule has 264 valence electrons. The fourth-order valence-electron chi connectivity index (χ4n) is 7.54. The van der Waals surface area contributed by atoms with Gasteiger partial charge < -0.3 is 30.4 Å². The predicted octanol–water partition coefficient (Wildman–Crippen LogP) is 4.35. The molecule has 49 heavy (non-hydrogen) atoms. The Bertz CT molecular complexity index is 1530. The smallest absolute Gasteiger partial charge is 0.322 e. The van der Waals surface area contributed by atoms with Crippen LogP contribution >= 0.6 is 31.9 Å². The molecule has 14 heteroatoms. The second-order valence-electron chi connectivity index (χ2n) is 13.6. The van der Waals surface area contributed by atoms with E-state index < -0.39 is 12.0 Å². The summed E-state index contributed by atoms with van der Waals surface area (Å²) < 4.78 is 1.87. The maximum absolute atomic E-state index is 14.1. The summed E-state index contributed by atoms with van der Waals surface area (Å²) in [6, 6.07) is 11.1. The van der Waals surface area contributed by atoms with Crippen LogP contribution in [0.5, 0.6) is 0 Å². The first-order valence-electron chi connectivity index (χ1n) is 17.2. The van der Waals surface area contributed by atoms with Crippen molar-refractivity contribution in [2.24, 2.45) is 0 Å². The molecule has 2 aromatic carbocycles. The highest BCUT2D eigenvalue weighted by atomic mass is 79.9. The average Bonchev–Trinajstić information content (AvgIpc) is 3.10. The Morgan fingerprint density at radius 1 is 0.898 bits per heavy atom. The number of urea groups is 2. The lowest BCUT2D eigenvalue weighted by Crippen LogP contribution is -2.58. The van der Waals surface area contributed by atoms with Crippen LogP contribution < -0.4 is 10.6 Å². The predicted molar refractivity (Wildman–Crippen MR) is 193 cm³/mol. The highest BCUT2D eigenvalue weighted by Gasteiger charge is 2.36. The quantitative estimate of drug-likeness (QED) is 0.363. The molecule has 0 bridgehead atoms. The van der Waals surface area contributed by atoms with Crippen molar-refractivity contribution >= 4 is 61.5 Å². The molecule has 3 N–H and O–H groups in total. The molecule has 1 atom stereocenters. The number of fused-ring (bicyclic) bond motifs is 1. The van der Waals surface area contributed by atoms with Crippen LogP contribution in [0.3, 0.4) is 0 Å². The number of anilines is 1. The van der Waals surface area contributed by atoms with Gasteiger partial charge >= 0.3 is 18.0 Å². The van der Waals surface area contributed by atoms with E-state index in [2.05, 4.69) is 47.4 Å². The van der Waals surface area contributed by atoms with Gasteiger partial charge in [0.2, 0.25) is 5.91 Å². The number of carbonyl (C=O) groups is 4. The Labute approximate surface area is 304 Å². The number of halogens is 2. The lowest BCUT2D eigenvalue weighted by Gasteiger charge is -2.43. The van der Waals surface area contributed by atoms with Gasteiger partial charge in [0.25, 0.3) is 0 Å². The zero-order valence-corrected chi connectivity index (χ0v) is 31.0. The number of amides is 5. The molecular formula is C35H45Br2N7O5. The number of nitrogens with zero attached hydrogens (tertiary/aromatic N) is 5. The molecule has 2 aromatic rings. The fraction of sp³-hybridized carbons (Fsp3) is 0.543. The number of nitrogens with one attached hydrogen (secondary N) is 2. The summed E-state index contributed by atoms with van der Waals surface area (Å²) in [4.78, 5) is 61.8. The lowest BCUT2D eigenvalue weighted by atomic mass is 9.99. The number of benzene rings is 2. The molecule has 3 fully saturated rings. The van der Waals surface area contributed by atoms with E-state index in [0.717, 1.165) is 70.3 Å². The van der Waals surface area contributed by atoms with Crippen molar-refractivity contribution in [2.75, 3.05) is 64.2 Å². The molecule has 5 amide bonds. The van der Waals surface area contributed by atoms with Gasteiger partial charge in [0.1, 0.15) is 6.04 Å². The molecule has 0 spiro atoms. The van der Waals surface area contributed by atoms with E-state index in [1.807, 2.05) is 58.0 Å². The van der Waals surface area contributed by atoms with Crippen molar-refractivity contribution in [3.05, 3.63) is 62.0 Å². The Balaban J connectivity index is 1.07. The van der Waals surface area contributed by atoms with Gasteiger partial charge in [-0.3, -0.25) is 19.4 Å². The normalized spacial score (nSPS) is 20.5. The van der Waals surface area contributed by atoms with Gasteiger partial charge in [-0.25, -0.2) is 9.59 Å². The van der Waals surface area contributed by atoms with Crippen molar-refractivity contribution in [3.63, 3.8) is 0 Å². The van der Waals surface area contributed by atoms with Gasteiger partial charge in [0, 0.05) is 92.0 Å². The molecule has 0 aliphatic carbocycles. The van der Waals surface area contributed by atoms with Crippen LogP contribution in [0.2, 0.25) is 0 Å². The van der Waals surface area contributed by atoms with E-state index in [4.69, 9.17) is 5.11 Å². The Hall–Kier alpha value is -3.20. The second kappa shape index (κ2) is 15.8. The van der Waals surface area contributed by atoms with Crippen LogP contribution in [0.15, 0.2) is 45.3 Å². The highest BCUT2D eigenvalue weighted by Crippen LogP contribution is 2.29. The van der Waals surface area contributed by atoms with Crippen LogP contribution in [0.25, 0.3) is 0 Å². The van der Waals surface area contributed by atoms with Gasteiger partial charge in [0.15, 0.2) is 0 Å². The first-order chi connectivity index (χ1) is 23.5. The maximum atomic E-state index is 14.1. The van der Waals surface area contributed by atoms with Crippen molar-refractivity contribution < 1.29 is 24.3 Å². The Morgan fingerprint density at radius 3 is 2.16 bits per heavy atom. The maximum Gasteiger partial charge on any atom is 0.322 e. The van der Waals surface area contributed by atoms with Gasteiger partial charge in [-0.15, -0.1) is 0 Å². The number of para-hydroxylation sites is 1. The van der Waals surface area contributed by atoms with Crippen LogP contribution in [0.1, 0.15) is 42.4 Å². The van der Waals surface area contributed by atoms with Gasteiger partial charge in [-0.2, -0.15) is 0 Å². The monoisotopic (exact) mass is 801 g/mol. The molecule has 1 unspecified atom stereocenters. The van der Waals surface area contributed by atoms with E-state index in [1.165, 1.54) is 0 Å². The van der Waals surface area contributed by atoms with Crippen LogP contribution in [-0.4, -0.2) is 131 Å². The third-order valence-electron chi connectivity index (χ3n) is 10.5. The summed E-state index contributed by atoms with van der Waals surface area (Å²) >= 11 is 7.27. The standard InChI is InChI=1S/C35H45Br2N7O5/c1-23-28(36)18-24(19-29(23)37)20-31(33(47)42-10-6-26(7-11-42)41-16-14-40(15-17-41)22-32(45)46)39-34(48)43-12-8-27(9-13-43)44-21-25-4-2-3-5-30(25)38-35(44)49/h2-5,18-19,26-27,31H,6-17,20-22H2,1H3,(H,38,49)(H,39,48)(H,45,46). The van der Waals surface area contributed by atoms with Gasteiger partial charge in [-0.05, 0) is 67.5 Å². The molecule has 3 saturated heterocycles. The zero-order valence-electron chi connectivity index (χ0n) is 27.9. The van der Waals surface area contributed by atoms with Crippen LogP contribution in [0, 0.1) is 6.92 Å². The highest BCUT2D eigenvalue weighted by molar-refractivity contribution is 9.11. The SMILES string of the molecule is Cc1c(Br)cc(CC(NC(=O)N2CCC(N3Cc4ccccc4NC3=O)CC2)C(=O)N2CCC(N3CCN(CC(=O)O)CC3)CC2)cc1Br. The van der Waals surface area contributed by atoms with E-state index in [1.54, 1.807) is 4.90 Å². The molecule has 12 nitrogen and oxygen atoms in total. The number of piperazine rings is 1. The summed E-state index contributed by atoms with van der Waals surface area (Å²) in [7, 11) is 0. The second-order valence-corrected chi connectivity index (χ2v) is 15.3. The lowest BCUT2D eigenvalue weighted by molar-refractivity contribution is -0.138. The third kappa shape index (κ3) is 8.58. The van der Waals surface area contributed by atoms with Crippen molar-refractivity contribution in [2.45, 2.75) is 63.7 Å². The number of piperidine rings is 2. The van der Waals surface area contributed by atoms with Crippen LogP contribution in [-0.2, 0) is 22.6 Å². The number of likely N-dealkylation sites (tertiary alicyclic amines) is 2. The summed E-state index contributed by atoms with van der Waals surface area (Å²) in [6.07, 6.45) is 3.37. The van der Waals surface area contributed by atoms with Gasteiger partial charge in [0.05, 0.1) is 6.54 Å². The van der Waals surface area contributed by atoms with E-state index in [-0.39, 0.29) is 30.6 Å². The molecule has 4 heterocycles. The van der Waals surface area contributed by atoms with Crippen LogP contribution in [0.4, 0.5) is 15.3 Å². The summed E-state index contributed by atoms with van der Waals surface area (Å²) in [6.45, 7) is 7.97. The third-order valence-corrected chi connectivity index (χ3v) is 12.1. The molecule has 4 aliphatic rings. The topological polar surface area (TPSA) is 129 Å². The largest absolute Gasteiger partial charge is 0.480 e. The zero-order chi connectivity index (χ0) is 34.7. The molecule has 0 radical (unpaired) electrons. The number of hydrogen-bond donors (Lipinski definition) is 3. The van der Waals surface area contributed by atoms with E-state index in [9.17, 15) is 19.2 Å². The number of carbonyl (C=O) groups excluding carboxylic acids is 3. The minimum Gasteiger partial charge on any atom is -0.480 e. The molecule has 0 saturated carbocycles. The molecule has 6 rings (SSSR count). The summed E-state index contributed by atoms with van der Waals surface area (Å²) in [5, 5.41) is 15.2. The number of carboxylic acid groups (broad SMARTS) is 1. The first kappa shape index (κ1) is 35.6. The summed E-state index contributed by atoms with van der Waals surface area (Å²) in [5.74, 6) is -0.876. The van der Waals surface area contributed by atoms with E-state index in [0.29, 0.717) is 58.0 Å². The van der Waals surface area contributed by atoms with Gasteiger partial charge in [-0.1, -0.05) is 50.1 Å². The number of hydrogen-bond acceptors (Lipinski definition) is 6. The average molecular weight is 804 g/mol. The Kier molecular flexibility index (Phi) is 11.5. The summed E-state index contributed by atoms with van der Waals surface area (Å²) in [5.41, 5.74) is 3.94. The van der Waals surface area contributed by atoms with Crippen molar-refractivity contribution in [1.82, 2.24) is 29.8 Å². The van der Waals surface area contributed by atoms with Crippen molar-refractivity contribution in [1.29, 1.82) is 0 Å². The van der Waals surface area contributed by atoms with Crippen molar-refractivity contribution in [3.8, 4) is 0 Å². The van der Waals surface area contributed by atoms with E-state index >= 15 is 0 Å². The minimum atomic E-state index is -0.797. The number of aliphatic carboxylic acids is 1. The molecule has 0 aromatic heterocycles. The fourth-order valence-corrected chi connectivity index (χ4v) is 8.82. The minimum absolute atomic E-state index is 0.0264. The number of carboxylic acids is 1. The Morgan fingerprint density at radius 2 is 1.51 bits per heavy atom. The molecule has 4 aliphatic heterocycles. The number of rotatable bonds is 8. The molecular weight excluding hydrogens is 758 g/mol.